The lowest BCUT2D eigenvalue weighted by Crippen LogP contribution is -2.38. The summed E-state index contributed by atoms with van der Waals surface area (Å²) in [4.78, 5) is 15.2. The van der Waals surface area contributed by atoms with Crippen LogP contribution < -0.4 is 5.32 Å². The van der Waals surface area contributed by atoms with E-state index >= 15 is 0 Å². The Bertz CT molecular complexity index is 1260. The molecule has 1 amide bonds. The number of halogens is 4. The molecule has 4 rings (SSSR count). The third-order valence-corrected chi connectivity index (χ3v) is 9.49. The smallest absolute Gasteiger partial charge is 0.255 e. The molecule has 2 bridgehead atoms. The van der Waals surface area contributed by atoms with Gasteiger partial charge in [-0.3, -0.25) is 4.79 Å². The molecule has 12 heteroatoms. The minimum absolute atomic E-state index is 0.0361. The largest absolute Gasteiger partial charge is 0.322 e. The van der Waals surface area contributed by atoms with Gasteiger partial charge in [0.1, 0.15) is 0 Å². The highest BCUT2D eigenvalue weighted by atomic mass is 35.5. The van der Waals surface area contributed by atoms with E-state index in [1.54, 1.807) is 0 Å². The number of hydrogen-bond donors (Lipinski definition) is 1. The van der Waals surface area contributed by atoms with Crippen LogP contribution >= 0.6 is 11.6 Å². The lowest BCUT2D eigenvalue weighted by atomic mass is 9.80. The van der Waals surface area contributed by atoms with Crippen LogP contribution in [0.1, 0.15) is 36.0 Å². The number of benzene rings is 2. The Morgan fingerprint density at radius 1 is 1.12 bits per heavy atom. The highest BCUT2D eigenvalue weighted by Gasteiger charge is 2.49. The molecule has 0 spiro atoms. The third kappa shape index (κ3) is 4.60. The number of nitrogens with zero attached hydrogens (tertiary/aromatic N) is 3. The molecule has 0 aromatic heterocycles. The van der Waals surface area contributed by atoms with Crippen molar-refractivity contribution in [3.8, 4) is 0 Å². The minimum Gasteiger partial charge on any atom is -0.322 e. The van der Waals surface area contributed by atoms with E-state index in [2.05, 4.69) is 15.3 Å². The molecule has 180 valence electrons. The first kappa shape index (κ1) is 24.4. The average molecular weight is 513 g/mol. The summed E-state index contributed by atoms with van der Waals surface area (Å²) in [7, 11) is -3.91. The highest BCUT2D eigenvalue weighted by Crippen LogP contribution is 2.50. The van der Waals surface area contributed by atoms with Gasteiger partial charge in [0.15, 0.2) is 27.3 Å². The van der Waals surface area contributed by atoms with Gasteiger partial charge in [-0.25, -0.2) is 21.6 Å². The topological polar surface area (TPSA) is 112 Å². The van der Waals surface area contributed by atoms with Gasteiger partial charge in [0.05, 0.1) is 15.2 Å². The molecule has 0 aliphatic heterocycles. The van der Waals surface area contributed by atoms with Gasteiger partial charge < -0.3 is 5.32 Å². The van der Waals surface area contributed by atoms with Crippen LogP contribution in [0.15, 0.2) is 40.3 Å². The van der Waals surface area contributed by atoms with Crippen LogP contribution in [0.25, 0.3) is 10.4 Å². The number of azide groups is 1. The average Bonchev–Trinajstić information content (AvgIpc) is 3.07. The Kier molecular flexibility index (Phi) is 6.80. The van der Waals surface area contributed by atoms with Crippen molar-refractivity contribution in [1.82, 2.24) is 0 Å². The van der Waals surface area contributed by atoms with Crippen LogP contribution in [0.2, 0.25) is 5.02 Å². The maximum absolute atomic E-state index is 13.6. The van der Waals surface area contributed by atoms with Crippen molar-refractivity contribution in [1.29, 1.82) is 0 Å². The van der Waals surface area contributed by atoms with E-state index in [1.165, 1.54) is 12.1 Å². The number of nitrogens with one attached hydrogen (secondary N) is 1. The second kappa shape index (κ2) is 9.48. The second-order valence-electron chi connectivity index (χ2n) is 8.71. The van der Waals surface area contributed by atoms with E-state index in [-0.39, 0.29) is 38.9 Å². The summed E-state index contributed by atoms with van der Waals surface area (Å²) in [5.41, 5.74) is 8.16. The predicted octanol–water partition coefficient (Wildman–Crippen LogP) is 5.90. The molecule has 2 saturated carbocycles. The Morgan fingerprint density at radius 3 is 2.32 bits per heavy atom. The first-order valence-corrected chi connectivity index (χ1v) is 12.5. The zero-order valence-electron chi connectivity index (χ0n) is 17.7. The Hall–Kier alpha value is -2.75. The lowest BCUT2D eigenvalue weighted by molar-refractivity contribution is 0.102. The number of sulfone groups is 1. The Morgan fingerprint density at radius 2 is 1.74 bits per heavy atom. The summed E-state index contributed by atoms with van der Waals surface area (Å²) in [5.74, 6) is -5.53. The van der Waals surface area contributed by atoms with Gasteiger partial charge in [-0.2, -0.15) is 0 Å². The van der Waals surface area contributed by atoms with E-state index in [9.17, 15) is 26.4 Å². The molecule has 34 heavy (non-hydrogen) atoms. The maximum atomic E-state index is 13.6. The fraction of sp³-hybridized carbons (Fsp3) is 0.409. The molecule has 2 aliphatic rings. The van der Waals surface area contributed by atoms with Gasteiger partial charge in [0, 0.05) is 34.8 Å². The summed E-state index contributed by atoms with van der Waals surface area (Å²) < 4.78 is 67.3. The molecule has 1 N–H and O–H groups in total. The van der Waals surface area contributed by atoms with Gasteiger partial charge in [-0.05, 0) is 67.2 Å². The number of carbonyl (C=O) groups excluding carboxylic acids is 1. The van der Waals surface area contributed by atoms with E-state index in [0.717, 1.165) is 18.9 Å². The van der Waals surface area contributed by atoms with Gasteiger partial charge in [0.25, 0.3) is 5.91 Å². The molecule has 2 aliphatic carbocycles. The summed E-state index contributed by atoms with van der Waals surface area (Å²) in [6.07, 6.45) is 2.72. The molecule has 1 unspecified atom stereocenters. The molecule has 2 aromatic rings. The molecule has 2 fully saturated rings. The summed E-state index contributed by atoms with van der Waals surface area (Å²) in [6.45, 7) is 0.331. The van der Waals surface area contributed by atoms with Crippen molar-refractivity contribution in [3.63, 3.8) is 0 Å². The number of carbonyl (C=O) groups is 1. The molecule has 4 atom stereocenters. The summed E-state index contributed by atoms with van der Waals surface area (Å²) >= 11 is 6.23. The van der Waals surface area contributed by atoms with Crippen molar-refractivity contribution in [2.45, 2.75) is 35.8 Å². The van der Waals surface area contributed by atoms with Crippen LogP contribution in [0, 0.1) is 35.2 Å². The van der Waals surface area contributed by atoms with E-state index in [1.807, 2.05) is 0 Å². The van der Waals surface area contributed by atoms with Crippen molar-refractivity contribution in [2.24, 2.45) is 22.9 Å². The quantitative estimate of drug-likeness (QED) is 0.225. The summed E-state index contributed by atoms with van der Waals surface area (Å²) in [6, 6.07) is 4.96. The molecular weight excluding hydrogens is 493 g/mol. The highest BCUT2D eigenvalue weighted by molar-refractivity contribution is 7.92. The molecule has 0 radical (unpaired) electrons. The number of fused-ring (bicyclic) bond motifs is 2. The van der Waals surface area contributed by atoms with Crippen LogP contribution in [-0.4, -0.2) is 26.1 Å². The third-order valence-electron chi connectivity index (χ3n) is 6.61. The van der Waals surface area contributed by atoms with Gasteiger partial charge in [0.2, 0.25) is 0 Å². The fourth-order valence-electron chi connectivity index (χ4n) is 5.25. The summed E-state index contributed by atoms with van der Waals surface area (Å²) in [5, 5.41) is 5.17. The second-order valence-corrected chi connectivity index (χ2v) is 11.2. The normalized spacial score (nSPS) is 23.9. The van der Waals surface area contributed by atoms with Crippen LogP contribution in [0.4, 0.5) is 18.9 Å². The first-order valence-electron chi connectivity index (χ1n) is 10.6. The SMILES string of the molecule is [N-]=[N+]=NC[C@@H]1CC2CC[C@@H](C1)[C@H]2S(=O)(=O)c1cc(C(=O)Nc2cc(F)c(F)c(F)c2)ccc1Cl. The van der Waals surface area contributed by atoms with E-state index < -0.39 is 38.4 Å². The fourth-order valence-corrected chi connectivity index (χ4v) is 8.12. The number of rotatable bonds is 6. The zero-order valence-corrected chi connectivity index (χ0v) is 19.3. The Balaban J connectivity index is 1.59. The van der Waals surface area contributed by atoms with Crippen LogP contribution in [0.5, 0.6) is 0 Å². The zero-order chi connectivity index (χ0) is 24.6. The monoisotopic (exact) mass is 512 g/mol. The van der Waals surface area contributed by atoms with Crippen LogP contribution in [0.3, 0.4) is 0 Å². The van der Waals surface area contributed by atoms with Crippen molar-refractivity contribution >= 4 is 33.0 Å². The van der Waals surface area contributed by atoms with Gasteiger partial charge >= 0.3 is 0 Å². The van der Waals surface area contributed by atoms with Crippen LogP contribution in [-0.2, 0) is 9.84 Å². The number of hydrogen-bond acceptors (Lipinski definition) is 4. The maximum Gasteiger partial charge on any atom is 0.255 e. The molecule has 7 nitrogen and oxygen atoms in total. The molecular formula is C22H20ClF3N4O3S. The predicted molar refractivity (Wildman–Crippen MR) is 120 cm³/mol. The van der Waals surface area contributed by atoms with Gasteiger partial charge in [-0.1, -0.05) is 16.7 Å². The molecule has 2 aromatic carbocycles. The standard InChI is InChI=1S/C22H20ClF3N4O3S/c23-16-4-3-14(22(31)29-15-8-17(24)20(26)18(25)9-15)7-19(16)34(32,33)21-12-1-2-13(21)6-11(5-12)10-28-30-27/h3-4,7-9,11-13,21H,1-2,5-6,10H2,(H,29,31)/t11-,12-,13?,21+/m0/s1. The van der Waals surface area contributed by atoms with Gasteiger partial charge in [-0.15, -0.1) is 0 Å². The first-order chi connectivity index (χ1) is 16.1. The van der Waals surface area contributed by atoms with Crippen molar-refractivity contribution in [3.05, 3.63) is 68.8 Å². The van der Waals surface area contributed by atoms with Crippen molar-refractivity contribution < 1.29 is 26.4 Å². The lowest BCUT2D eigenvalue weighted by Gasteiger charge is -2.34. The number of amides is 1. The van der Waals surface area contributed by atoms with E-state index in [0.29, 0.717) is 31.5 Å². The Labute approximate surface area is 198 Å². The molecule has 0 heterocycles. The van der Waals surface area contributed by atoms with E-state index in [4.69, 9.17) is 17.1 Å². The molecule has 0 saturated heterocycles. The van der Waals surface area contributed by atoms with Crippen molar-refractivity contribution in [2.75, 3.05) is 11.9 Å². The minimum atomic E-state index is -3.91. The number of anilines is 1.